The number of carbonyl (C=O) groups is 1. The van der Waals surface area contributed by atoms with Crippen LogP contribution in [0, 0.1) is 0 Å². The Morgan fingerprint density at radius 3 is 2.89 bits per heavy atom. The predicted molar refractivity (Wildman–Crippen MR) is 75.8 cm³/mol. The Balaban J connectivity index is 0.000000861. The van der Waals surface area contributed by atoms with Crippen LogP contribution in [0.5, 0.6) is 5.75 Å². The zero-order valence-electron chi connectivity index (χ0n) is 11.7. The van der Waals surface area contributed by atoms with E-state index in [-0.39, 0.29) is 5.70 Å². The highest BCUT2D eigenvalue weighted by Crippen LogP contribution is 2.26. The monoisotopic (exact) mass is 263 g/mol. The van der Waals surface area contributed by atoms with Gasteiger partial charge < -0.3 is 15.2 Å². The van der Waals surface area contributed by atoms with Gasteiger partial charge in [0.2, 0.25) is 0 Å². The summed E-state index contributed by atoms with van der Waals surface area (Å²) in [5, 5.41) is 0. The molecule has 0 saturated carbocycles. The molecule has 0 unspecified atom stereocenters. The Bertz CT molecular complexity index is 466. The second-order valence-electron chi connectivity index (χ2n) is 3.79. The lowest BCUT2D eigenvalue weighted by molar-refractivity contribution is -0.138. The third-order valence-electron chi connectivity index (χ3n) is 2.55. The molecule has 4 heteroatoms. The summed E-state index contributed by atoms with van der Waals surface area (Å²) in [5.41, 5.74) is 7.76. The van der Waals surface area contributed by atoms with Gasteiger partial charge in [0, 0.05) is 6.42 Å². The van der Waals surface area contributed by atoms with E-state index < -0.39 is 5.97 Å². The summed E-state index contributed by atoms with van der Waals surface area (Å²) < 4.78 is 10.2. The van der Waals surface area contributed by atoms with Crippen molar-refractivity contribution in [2.75, 3.05) is 13.2 Å². The molecule has 1 heterocycles. The fourth-order valence-corrected chi connectivity index (χ4v) is 1.73. The number of hydrogen-bond acceptors (Lipinski definition) is 4. The third kappa shape index (κ3) is 4.02. The highest BCUT2D eigenvalue weighted by atomic mass is 16.5. The largest absolute Gasteiger partial charge is 0.493 e. The topological polar surface area (TPSA) is 61.5 Å². The van der Waals surface area contributed by atoms with Gasteiger partial charge in [0.15, 0.2) is 0 Å². The minimum absolute atomic E-state index is 0.102. The van der Waals surface area contributed by atoms with E-state index in [4.69, 9.17) is 15.2 Å². The van der Waals surface area contributed by atoms with Crippen molar-refractivity contribution < 1.29 is 14.3 Å². The van der Waals surface area contributed by atoms with E-state index in [1.54, 1.807) is 13.0 Å². The smallest absolute Gasteiger partial charge is 0.354 e. The average Bonchev–Trinajstić information content (AvgIpc) is 2.88. The van der Waals surface area contributed by atoms with Crippen LogP contribution < -0.4 is 10.5 Å². The fraction of sp³-hybridized carbons (Fsp3) is 0.400. The molecule has 0 bridgehead atoms. The summed E-state index contributed by atoms with van der Waals surface area (Å²) in [6.45, 7) is 6.78. The van der Waals surface area contributed by atoms with Crippen LogP contribution >= 0.6 is 0 Å². The minimum atomic E-state index is -0.492. The van der Waals surface area contributed by atoms with Crippen LogP contribution in [0.2, 0.25) is 0 Å². The van der Waals surface area contributed by atoms with Crippen LogP contribution in [0.4, 0.5) is 0 Å². The number of nitrogens with two attached hydrogens (primary N) is 1. The van der Waals surface area contributed by atoms with E-state index in [0.29, 0.717) is 6.61 Å². The van der Waals surface area contributed by atoms with Crippen LogP contribution in [0.3, 0.4) is 0 Å². The summed E-state index contributed by atoms with van der Waals surface area (Å²) >= 11 is 0. The molecule has 0 radical (unpaired) electrons. The number of benzene rings is 1. The van der Waals surface area contributed by atoms with Crippen molar-refractivity contribution in [3.63, 3.8) is 0 Å². The molecular formula is C15H21NO3. The molecule has 0 spiro atoms. The number of hydrogen-bond donors (Lipinski definition) is 1. The molecule has 0 amide bonds. The number of fused-ring (bicyclic) bond motifs is 1. The Labute approximate surface area is 114 Å². The number of carbonyl (C=O) groups excluding carboxylic acids is 1. The maximum absolute atomic E-state index is 11.3. The average molecular weight is 263 g/mol. The number of ether oxygens (including phenoxy) is 2. The molecule has 2 rings (SSSR count). The van der Waals surface area contributed by atoms with Gasteiger partial charge in [0.05, 0.1) is 13.2 Å². The van der Waals surface area contributed by atoms with Crippen molar-refractivity contribution in [2.45, 2.75) is 27.2 Å². The summed E-state index contributed by atoms with van der Waals surface area (Å²) in [7, 11) is 0. The Morgan fingerprint density at radius 2 is 2.21 bits per heavy atom. The van der Waals surface area contributed by atoms with Gasteiger partial charge >= 0.3 is 5.97 Å². The second kappa shape index (κ2) is 7.46. The lowest BCUT2D eigenvalue weighted by Crippen LogP contribution is -2.14. The zero-order chi connectivity index (χ0) is 14.3. The second-order valence-corrected chi connectivity index (χ2v) is 3.79. The van der Waals surface area contributed by atoms with Crippen LogP contribution in [-0.2, 0) is 16.0 Å². The van der Waals surface area contributed by atoms with Crippen LogP contribution in [-0.4, -0.2) is 19.2 Å². The van der Waals surface area contributed by atoms with Crippen molar-refractivity contribution in [1.29, 1.82) is 0 Å². The van der Waals surface area contributed by atoms with Gasteiger partial charge in [-0.15, -0.1) is 0 Å². The zero-order valence-corrected chi connectivity index (χ0v) is 11.7. The van der Waals surface area contributed by atoms with Gasteiger partial charge in [-0.3, -0.25) is 0 Å². The van der Waals surface area contributed by atoms with Crippen molar-refractivity contribution >= 4 is 12.0 Å². The first-order valence-electron chi connectivity index (χ1n) is 6.60. The van der Waals surface area contributed by atoms with Crippen molar-refractivity contribution in [1.82, 2.24) is 0 Å². The number of esters is 1. The van der Waals surface area contributed by atoms with Gasteiger partial charge in [0.1, 0.15) is 11.4 Å². The van der Waals surface area contributed by atoms with Crippen LogP contribution in [0.25, 0.3) is 6.08 Å². The van der Waals surface area contributed by atoms with E-state index in [1.165, 1.54) is 5.56 Å². The standard InChI is InChI=1S/C13H15NO3.C2H6/c1-2-16-13(15)11(14)7-9-3-4-10-5-6-17-12(10)8-9;1-2/h3-4,7-8H,2,5-6,14H2,1H3;1-2H3/b11-7-;. The van der Waals surface area contributed by atoms with Gasteiger partial charge in [0.25, 0.3) is 0 Å². The SMILES string of the molecule is CC.CCOC(=O)/C(N)=C/c1ccc2c(c1)OCC2. The first-order chi connectivity index (χ1) is 9.20. The normalized spacial score (nSPS) is 12.9. The molecule has 0 aromatic heterocycles. The first-order valence-corrected chi connectivity index (χ1v) is 6.60. The highest BCUT2D eigenvalue weighted by molar-refractivity contribution is 5.92. The molecule has 0 fully saturated rings. The van der Waals surface area contributed by atoms with Gasteiger partial charge in [-0.1, -0.05) is 26.0 Å². The van der Waals surface area contributed by atoms with Crippen molar-refractivity contribution in [3.05, 3.63) is 35.0 Å². The molecule has 19 heavy (non-hydrogen) atoms. The number of rotatable bonds is 3. The third-order valence-corrected chi connectivity index (χ3v) is 2.55. The fourth-order valence-electron chi connectivity index (χ4n) is 1.73. The Morgan fingerprint density at radius 1 is 1.47 bits per heavy atom. The lowest BCUT2D eigenvalue weighted by Gasteiger charge is -2.03. The molecule has 4 nitrogen and oxygen atoms in total. The van der Waals surface area contributed by atoms with E-state index >= 15 is 0 Å². The van der Waals surface area contributed by atoms with Crippen molar-refractivity contribution in [2.24, 2.45) is 5.73 Å². The molecule has 104 valence electrons. The van der Waals surface area contributed by atoms with Crippen LogP contribution in [0.1, 0.15) is 31.9 Å². The van der Waals surface area contributed by atoms with Gasteiger partial charge in [-0.05, 0) is 30.2 Å². The van der Waals surface area contributed by atoms with Gasteiger partial charge in [-0.2, -0.15) is 0 Å². The molecule has 0 atom stereocenters. The Hall–Kier alpha value is -1.97. The van der Waals surface area contributed by atoms with E-state index in [9.17, 15) is 4.79 Å². The molecule has 2 N–H and O–H groups in total. The quantitative estimate of drug-likeness (QED) is 0.672. The molecule has 1 aliphatic rings. The predicted octanol–water partition coefficient (Wildman–Crippen LogP) is 2.51. The molecule has 0 aliphatic carbocycles. The summed E-state index contributed by atoms with van der Waals surface area (Å²) in [5.74, 6) is 0.379. The molecule has 0 saturated heterocycles. The first kappa shape index (κ1) is 15.1. The molecule has 1 aromatic carbocycles. The maximum Gasteiger partial charge on any atom is 0.354 e. The summed E-state index contributed by atoms with van der Waals surface area (Å²) in [6, 6.07) is 5.79. The Kier molecular flexibility index (Phi) is 5.93. The molecule has 1 aliphatic heterocycles. The molecule has 1 aromatic rings. The van der Waals surface area contributed by atoms with Crippen molar-refractivity contribution in [3.8, 4) is 5.75 Å². The van der Waals surface area contributed by atoms with E-state index in [1.807, 2.05) is 32.0 Å². The van der Waals surface area contributed by atoms with E-state index in [2.05, 4.69) is 0 Å². The minimum Gasteiger partial charge on any atom is -0.493 e. The summed E-state index contributed by atoms with van der Waals surface area (Å²) in [6.07, 6.45) is 2.53. The maximum atomic E-state index is 11.3. The highest BCUT2D eigenvalue weighted by Gasteiger charge is 2.12. The lowest BCUT2D eigenvalue weighted by atomic mass is 10.1. The molecular weight excluding hydrogens is 242 g/mol. The van der Waals surface area contributed by atoms with Gasteiger partial charge in [-0.25, -0.2) is 4.79 Å². The summed E-state index contributed by atoms with van der Waals surface area (Å²) in [4.78, 5) is 11.3. The van der Waals surface area contributed by atoms with Crippen LogP contribution in [0.15, 0.2) is 23.9 Å². The van der Waals surface area contributed by atoms with E-state index in [0.717, 1.165) is 24.3 Å².